The van der Waals surface area contributed by atoms with E-state index in [0.717, 1.165) is 35.3 Å². The monoisotopic (exact) mass is 531 g/mol. The smallest absolute Gasteiger partial charge is 0.254 e. The number of rotatable bonds is 5. The second-order valence-electron chi connectivity index (χ2n) is 10.1. The van der Waals surface area contributed by atoms with Crippen LogP contribution in [0.15, 0.2) is 109 Å². The number of carbonyl (C=O) groups is 1. The highest BCUT2D eigenvalue weighted by Crippen LogP contribution is 2.33. The van der Waals surface area contributed by atoms with Crippen molar-refractivity contribution in [3.63, 3.8) is 0 Å². The third kappa shape index (κ3) is 5.06. The number of para-hydroxylation sites is 1. The minimum Gasteiger partial charge on any atom is -0.336 e. The summed E-state index contributed by atoms with van der Waals surface area (Å²) < 4.78 is 0. The number of benzene rings is 4. The molecule has 1 aliphatic heterocycles. The zero-order chi connectivity index (χ0) is 26.8. The third-order valence-corrected chi connectivity index (χ3v) is 7.94. The Bertz CT molecular complexity index is 1570. The van der Waals surface area contributed by atoms with E-state index in [-0.39, 0.29) is 11.9 Å². The van der Waals surface area contributed by atoms with Gasteiger partial charge in [-0.05, 0) is 35.7 Å². The molecule has 0 N–H and O–H groups in total. The Morgan fingerprint density at radius 1 is 0.769 bits per heavy atom. The van der Waals surface area contributed by atoms with Crippen molar-refractivity contribution in [1.29, 1.82) is 0 Å². The summed E-state index contributed by atoms with van der Waals surface area (Å²) in [5.74, 6) is 0.0233. The van der Waals surface area contributed by atoms with Gasteiger partial charge in [-0.1, -0.05) is 109 Å². The second-order valence-corrected chi connectivity index (χ2v) is 10.5. The normalized spacial score (nSPS) is 14.2. The fourth-order valence-electron chi connectivity index (χ4n) is 5.63. The van der Waals surface area contributed by atoms with Crippen molar-refractivity contribution >= 4 is 28.4 Å². The van der Waals surface area contributed by atoms with E-state index in [2.05, 4.69) is 78.6 Å². The minimum atomic E-state index is 0.0233. The molecule has 0 atom stereocenters. The van der Waals surface area contributed by atoms with Crippen LogP contribution in [-0.4, -0.2) is 46.9 Å². The highest BCUT2D eigenvalue weighted by atomic mass is 35.5. The van der Waals surface area contributed by atoms with Crippen molar-refractivity contribution < 1.29 is 4.79 Å². The van der Waals surface area contributed by atoms with Gasteiger partial charge in [0.2, 0.25) is 0 Å². The van der Waals surface area contributed by atoms with Crippen molar-refractivity contribution in [3.8, 4) is 11.3 Å². The maximum absolute atomic E-state index is 14.0. The Labute approximate surface area is 234 Å². The molecule has 1 aromatic heterocycles. The van der Waals surface area contributed by atoms with Crippen molar-refractivity contribution in [2.24, 2.45) is 0 Å². The standard InChI is InChI=1S/C34H30ClN3O/c1-24-11-8-9-16-27(24)31-23-29(28-17-10-18-30(35)32(28)36-31)34(39)38-21-19-37(20-22-38)33(25-12-4-2-5-13-25)26-14-6-3-7-15-26/h2-18,23,33H,19-22H2,1H3. The predicted octanol–water partition coefficient (Wildman–Crippen LogP) is 7.41. The van der Waals surface area contributed by atoms with Gasteiger partial charge < -0.3 is 4.90 Å². The number of halogens is 1. The Morgan fingerprint density at radius 3 is 2.03 bits per heavy atom. The molecule has 1 amide bonds. The maximum Gasteiger partial charge on any atom is 0.254 e. The Kier molecular flexibility index (Phi) is 7.14. The lowest BCUT2D eigenvalue weighted by atomic mass is 9.96. The molecule has 1 aliphatic rings. The average Bonchev–Trinajstić information content (AvgIpc) is 2.98. The van der Waals surface area contributed by atoms with Crippen LogP contribution in [0.4, 0.5) is 0 Å². The summed E-state index contributed by atoms with van der Waals surface area (Å²) in [6, 6.07) is 37.1. The zero-order valence-electron chi connectivity index (χ0n) is 21.9. The van der Waals surface area contributed by atoms with Gasteiger partial charge in [-0.15, -0.1) is 0 Å². The lowest BCUT2D eigenvalue weighted by Crippen LogP contribution is -2.49. The number of amides is 1. The average molecular weight is 532 g/mol. The van der Waals surface area contributed by atoms with Crippen LogP contribution in [0.25, 0.3) is 22.2 Å². The fraction of sp³-hybridized carbons (Fsp3) is 0.176. The van der Waals surface area contributed by atoms with Crippen LogP contribution >= 0.6 is 11.6 Å². The number of pyridine rings is 1. The summed E-state index contributed by atoms with van der Waals surface area (Å²) in [4.78, 5) is 23.4. The van der Waals surface area contributed by atoms with Crippen LogP contribution in [0.2, 0.25) is 5.02 Å². The summed E-state index contributed by atoms with van der Waals surface area (Å²) in [5, 5.41) is 1.34. The molecule has 5 heteroatoms. The molecule has 194 valence electrons. The van der Waals surface area contributed by atoms with Crippen LogP contribution in [0.3, 0.4) is 0 Å². The van der Waals surface area contributed by atoms with Crippen LogP contribution < -0.4 is 0 Å². The maximum atomic E-state index is 14.0. The highest BCUT2D eigenvalue weighted by Gasteiger charge is 2.29. The number of nitrogens with zero attached hydrogens (tertiary/aromatic N) is 3. The molecular weight excluding hydrogens is 502 g/mol. The van der Waals surface area contributed by atoms with Gasteiger partial charge >= 0.3 is 0 Å². The van der Waals surface area contributed by atoms with Gasteiger partial charge in [0.15, 0.2) is 0 Å². The molecule has 0 radical (unpaired) electrons. The van der Waals surface area contributed by atoms with E-state index in [4.69, 9.17) is 16.6 Å². The van der Waals surface area contributed by atoms with Gasteiger partial charge in [0.05, 0.1) is 27.8 Å². The zero-order valence-corrected chi connectivity index (χ0v) is 22.7. The lowest BCUT2D eigenvalue weighted by molar-refractivity contribution is 0.0599. The quantitative estimate of drug-likeness (QED) is 0.237. The molecule has 4 aromatic carbocycles. The molecule has 6 rings (SSSR count). The first-order valence-electron chi connectivity index (χ1n) is 13.4. The SMILES string of the molecule is Cc1ccccc1-c1cc(C(=O)N2CCN(C(c3ccccc3)c3ccccc3)CC2)c2cccc(Cl)c2n1. The minimum absolute atomic E-state index is 0.0233. The molecule has 0 aliphatic carbocycles. The van der Waals surface area contributed by atoms with E-state index >= 15 is 0 Å². The van der Waals surface area contributed by atoms with Gasteiger partial charge in [-0.25, -0.2) is 4.98 Å². The summed E-state index contributed by atoms with van der Waals surface area (Å²) in [6.07, 6.45) is 0. The number of piperazine rings is 1. The van der Waals surface area contributed by atoms with E-state index in [1.165, 1.54) is 11.1 Å². The van der Waals surface area contributed by atoms with E-state index < -0.39 is 0 Å². The Balaban J connectivity index is 1.31. The van der Waals surface area contributed by atoms with Gasteiger partial charge in [0.1, 0.15) is 0 Å². The predicted molar refractivity (Wildman–Crippen MR) is 159 cm³/mol. The number of fused-ring (bicyclic) bond motifs is 1. The first-order valence-corrected chi connectivity index (χ1v) is 13.8. The van der Waals surface area contributed by atoms with Crippen molar-refractivity contribution in [1.82, 2.24) is 14.8 Å². The van der Waals surface area contributed by atoms with E-state index in [9.17, 15) is 4.79 Å². The van der Waals surface area contributed by atoms with Crippen LogP contribution in [-0.2, 0) is 0 Å². The lowest BCUT2D eigenvalue weighted by Gasteiger charge is -2.40. The Hall–Kier alpha value is -3.99. The number of carbonyl (C=O) groups excluding carboxylic acids is 1. The van der Waals surface area contributed by atoms with Crippen LogP contribution in [0.5, 0.6) is 0 Å². The molecule has 39 heavy (non-hydrogen) atoms. The third-order valence-electron chi connectivity index (χ3n) is 7.64. The van der Waals surface area contributed by atoms with E-state index in [0.29, 0.717) is 29.2 Å². The van der Waals surface area contributed by atoms with Gasteiger partial charge in [0.25, 0.3) is 5.91 Å². The molecule has 0 bridgehead atoms. The second kappa shape index (κ2) is 11.0. The number of hydrogen-bond acceptors (Lipinski definition) is 3. The molecule has 0 spiro atoms. The van der Waals surface area contributed by atoms with Gasteiger partial charge in [0, 0.05) is 37.1 Å². The fourth-order valence-corrected chi connectivity index (χ4v) is 5.84. The Morgan fingerprint density at radius 2 is 1.38 bits per heavy atom. The molecule has 5 aromatic rings. The summed E-state index contributed by atoms with van der Waals surface area (Å²) in [7, 11) is 0. The molecule has 0 saturated carbocycles. The summed E-state index contributed by atoms with van der Waals surface area (Å²) in [6.45, 7) is 4.94. The molecule has 4 nitrogen and oxygen atoms in total. The molecule has 2 heterocycles. The highest BCUT2D eigenvalue weighted by molar-refractivity contribution is 6.35. The number of aryl methyl sites for hydroxylation is 1. The topological polar surface area (TPSA) is 36.4 Å². The molecule has 1 saturated heterocycles. The van der Waals surface area contributed by atoms with Gasteiger partial charge in [-0.3, -0.25) is 9.69 Å². The van der Waals surface area contributed by atoms with E-state index in [1.807, 2.05) is 47.4 Å². The van der Waals surface area contributed by atoms with Crippen molar-refractivity contribution in [2.45, 2.75) is 13.0 Å². The first-order chi connectivity index (χ1) is 19.1. The molecule has 1 fully saturated rings. The van der Waals surface area contributed by atoms with E-state index in [1.54, 1.807) is 0 Å². The summed E-state index contributed by atoms with van der Waals surface area (Å²) >= 11 is 6.60. The largest absolute Gasteiger partial charge is 0.336 e. The first kappa shape index (κ1) is 25.3. The van der Waals surface area contributed by atoms with Crippen LogP contribution in [0.1, 0.15) is 33.1 Å². The summed E-state index contributed by atoms with van der Waals surface area (Å²) in [5.41, 5.74) is 6.72. The number of aromatic nitrogens is 1. The molecule has 0 unspecified atom stereocenters. The van der Waals surface area contributed by atoms with Crippen LogP contribution in [0, 0.1) is 6.92 Å². The van der Waals surface area contributed by atoms with Gasteiger partial charge in [-0.2, -0.15) is 0 Å². The molecular formula is C34H30ClN3O. The van der Waals surface area contributed by atoms with Crippen molar-refractivity contribution in [2.75, 3.05) is 26.2 Å². The van der Waals surface area contributed by atoms with Crippen molar-refractivity contribution in [3.05, 3.63) is 136 Å². The number of hydrogen-bond donors (Lipinski definition) is 0.